The minimum Gasteiger partial charge on any atom is -0.339 e. The zero-order valence-electron chi connectivity index (χ0n) is 14.4. The maximum absolute atomic E-state index is 12.8. The van der Waals surface area contributed by atoms with Gasteiger partial charge < -0.3 is 15.1 Å². The molecule has 1 saturated heterocycles. The Labute approximate surface area is 152 Å². The van der Waals surface area contributed by atoms with Crippen molar-refractivity contribution in [1.82, 2.24) is 15.1 Å². The van der Waals surface area contributed by atoms with Gasteiger partial charge in [-0.1, -0.05) is 35.8 Å². The van der Waals surface area contributed by atoms with E-state index >= 15 is 0 Å². The zero-order valence-corrected chi connectivity index (χ0v) is 16.0. The van der Waals surface area contributed by atoms with Crippen LogP contribution in [0.15, 0.2) is 28.7 Å². The van der Waals surface area contributed by atoms with Gasteiger partial charge in [0.05, 0.1) is 0 Å². The highest BCUT2D eigenvalue weighted by Gasteiger charge is 2.23. The first-order valence-electron chi connectivity index (χ1n) is 8.50. The van der Waals surface area contributed by atoms with E-state index in [9.17, 15) is 9.59 Å². The Morgan fingerprint density at radius 2 is 2.00 bits per heavy atom. The molecule has 0 atom stereocenters. The molecular formula is C18H26BrN3O2. The Hall–Kier alpha value is -1.40. The number of amides is 2. The van der Waals surface area contributed by atoms with Crippen molar-refractivity contribution >= 4 is 27.7 Å². The van der Waals surface area contributed by atoms with Crippen LogP contribution in [0.3, 0.4) is 0 Å². The monoisotopic (exact) mass is 395 g/mol. The summed E-state index contributed by atoms with van der Waals surface area (Å²) in [6.07, 6.45) is 0.884. The highest BCUT2D eigenvalue weighted by molar-refractivity contribution is 9.10. The summed E-state index contributed by atoms with van der Waals surface area (Å²) in [7, 11) is 0. The van der Waals surface area contributed by atoms with Crippen LogP contribution in [0.5, 0.6) is 0 Å². The number of rotatable bonds is 6. The second kappa shape index (κ2) is 9.18. The van der Waals surface area contributed by atoms with Crippen molar-refractivity contribution in [2.45, 2.75) is 20.3 Å². The number of halogens is 1. The van der Waals surface area contributed by atoms with E-state index in [1.54, 1.807) is 17.0 Å². The third-order valence-corrected chi connectivity index (χ3v) is 4.62. The number of carbonyl (C=O) groups is 2. The molecule has 0 aliphatic carbocycles. The third kappa shape index (κ3) is 5.60. The average molecular weight is 396 g/mol. The molecule has 24 heavy (non-hydrogen) atoms. The second-order valence-corrected chi connectivity index (χ2v) is 7.47. The van der Waals surface area contributed by atoms with Crippen LogP contribution in [-0.2, 0) is 4.79 Å². The molecule has 6 heteroatoms. The van der Waals surface area contributed by atoms with Gasteiger partial charge in [-0.3, -0.25) is 9.59 Å². The van der Waals surface area contributed by atoms with E-state index < -0.39 is 0 Å². The summed E-state index contributed by atoms with van der Waals surface area (Å²) in [5, 5.41) is 3.24. The third-order valence-electron chi connectivity index (χ3n) is 4.13. The topological polar surface area (TPSA) is 52.7 Å². The minimum absolute atomic E-state index is 0.0311. The van der Waals surface area contributed by atoms with Crippen LogP contribution < -0.4 is 5.32 Å². The zero-order chi connectivity index (χ0) is 17.5. The molecule has 2 rings (SSSR count). The van der Waals surface area contributed by atoms with Crippen molar-refractivity contribution in [2.24, 2.45) is 5.92 Å². The average Bonchev–Trinajstić information content (AvgIpc) is 2.58. The standard InChI is InChI=1S/C18H26BrN3O2/c1-14(2)6-9-22(13-17(23)21-10-7-20-8-11-21)18(24)15-4-3-5-16(19)12-15/h3-5,12,14,20H,6-11,13H2,1-2H3. The molecule has 5 nitrogen and oxygen atoms in total. The lowest BCUT2D eigenvalue weighted by molar-refractivity contribution is -0.132. The van der Waals surface area contributed by atoms with Crippen molar-refractivity contribution in [3.63, 3.8) is 0 Å². The second-order valence-electron chi connectivity index (χ2n) is 6.55. The largest absolute Gasteiger partial charge is 0.339 e. The summed E-state index contributed by atoms with van der Waals surface area (Å²) in [6.45, 7) is 8.05. The smallest absolute Gasteiger partial charge is 0.254 e. The lowest BCUT2D eigenvalue weighted by Gasteiger charge is -2.30. The van der Waals surface area contributed by atoms with Gasteiger partial charge in [0, 0.05) is 42.8 Å². The number of benzene rings is 1. The maximum atomic E-state index is 12.8. The van der Waals surface area contributed by atoms with Crippen LogP contribution in [0.2, 0.25) is 0 Å². The van der Waals surface area contributed by atoms with Gasteiger partial charge in [0.1, 0.15) is 6.54 Å². The van der Waals surface area contributed by atoms with Gasteiger partial charge in [-0.25, -0.2) is 0 Å². The molecule has 0 bridgehead atoms. The molecule has 1 aromatic carbocycles. The predicted octanol–water partition coefficient (Wildman–Crippen LogP) is 2.37. The fourth-order valence-corrected chi connectivity index (χ4v) is 3.05. The Bertz CT molecular complexity index is 571. The first kappa shape index (κ1) is 18.9. The molecule has 0 aromatic heterocycles. The molecule has 1 heterocycles. The molecule has 1 N–H and O–H groups in total. The Balaban J connectivity index is 2.08. The lowest BCUT2D eigenvalue weighted by atomic mass is 10.1. The van der Waals surface area contributed by atoms with Crippen LogP contribution in [0.4, 0.5) is 0 Å². The maximum Gasteiger partial charge on any atom is 0.254 e. The number of nitrogens with one attached hydrogen (secondary N) is 1. The van der Waals surface area contributed by atoms with E-state index in [-0.39, 0.29) is 18.4 Å². The van der Waals surface area contributed by atoms with Gasteiger partial charge in [-0.05, 0) is 30.5 Å². The predicted molar refractivity (Wildman–Crippen MR) is 99.0 cm³/mol. The molecule has 0 saturated carbocycles. The van der Waals surface area contributed by atoms with Gasteiger partial charge in [-0.15, -0.1) is 0 Å². The Kier molecular flexibility index (Phi) is 7.24. The highest BCUT2D eigenvalue weighted by Crippen LogP contribution is 2.15. The van der Waals surface area contributed by atoms with E-state index in [2.05, 4.69) is 35.1 Å². The van der Waals surface area contributed by atoms with Crippen LogP contribution >= 0.6 is 15.9 Å². The summed E-state index contributed by atoms with van der Waals surface area (Å²) in [5.74, 6) is 0.432. The van der Waals surface area contributed by atoms with E-state index in [4.69, 9.17) is 0 Å². The number of hydrogen-bond donors (Lipinski definition) is 1. The molecule has 0 unspecified atom stereocenters. The minimum atomic E-state index is -0.0829. The number of piperazine rings is 1. The van der Waals surface area contributed by atoms with E-state index in [1.165, 1.54) is 0 Å². The Morgan fingerprint density at radius 1 is 1.29 bits per heavy atom. The van der Waals surface area contributed by atoms with Gasteiger partial charge in [-0.2, -0.15) is 0 Å². The van der Waals surface area contributed by atoms with Crippen molar-refractivity contribution in [3.8, 4) is 0 Å². The molecule has 1 aliphatic rings. The van der Waals surface area contributed by atoms with Gasteiger partial charge in [0.2, 0.25) is 5.91 Å². The fourth-order valence-electron chi connectivity index (χ4n) is 2.65. The summed E-state index contributed by atoms with van der Waals surface area (Å²) in [6, 6.07) is 7.34. The molecular weight excluding hydrogens is 370 g/mol. The summed E-state index contributed by atoms with van der Waals surface area (Å²) in [5.41, 5.74) is 0.612. The summed E-state index contributed by atoms with van der Waals surface area (Å²) in [4.78, 5) is 28.9. The van der Waals surface area contributed by atoms with Gasteiger partial charge in [0.15, 0.2) is 0 Å². The van der Waals surface area contributed by atoms with E-state index in [0.717, 1.165) is 24.0 Å². The molecule has 1 aromatic rings. The van der Waals surface area contributed by atoms with Gasteiger partial charge in [0.25, 0.3) is 5.91 Å². The molecule has 1 aliphatic heterocycles. The number of carbonyl (C=O) groups excluding carboxylic acids is 2. The van der Waals surface area contributed by atoms with Crippen molar-refractivity contribution in [3.05, 3.63) is 34.3 Å². The molecule has 132 valence electrons. The van der Waals surface area contributed by atoms with Crippen molar-refractivity contribution in [1.29, 1.82) is 0 Å². The van der Waals surface area contributed by atoms with E-state index in [0.29, 0.717) is 31.1 Å². The van der Waals surface area contributed by atoms with Gasteiger partial charge >= 0.3 is 0 Å². The Morgan fingerprint density at radius 3 is 2.62 bits per heavy atom. The molecule has 0 spiro atoms. The normalized spacial score (nSPS) is 14.8. The van der Waals surface area contributed by atoms with Crippen LogP contribution in [0.25, 0.3) is 0 Å². The van der Waals surface area contributed by atoms with Crippen molar-refractivity contribution in [2.75, 3.05) is 39.3 Å². The SMILES string of the molecule is CC(C)CCN(CC(=O)N1CCNCC1)C(=O)c1cccc(Br)c1. The first-order chi connectivity index (χ1) is 11.5. The summed E-state index contributed by atoms with van der Waals surface area (Å²) < 4.78 is 0.866. The summed E-state index contributed by atoms with van der Waals surface area (Å²) >= 11 is 3.40. The van der Waals surface area contributed by atoms with Crippen LogP contribution in [0.1, 0.15) is 30.6 Å². The highest BCUT2D eigenvalue weighted by atomic mass is 79.9. The number of nitrogens with zero attached hydrogens (tertiary/aromatic N) is 2. The van der Waals surface area contributed by atoms with Crippen molar-refractivity contribution < 1.29 is 9.59 Å². The quantitative estimate of drug-likeness (QED) is 0.804. The van der Waals surface area contributed by atoms with Crippen LogP contribution in [-0.4, -0.2) is 60.9 Å². The number of hydrogen-bond acceptors (Lipinski definition) is 3. The first-order valence-corrected chi connectivity index (χ1v) is 9.30. The molecule has 0 radical (unpaired) electrons. The van der Waals surface area contributed by atoms with E-state index in [1.807, 2.05) is 17.0 Å². The molecule has 2 amide bonds. The van der Waals surface area contributed by atoms with Crippen LogP contribution in [0, 0.1) is 5.92 Å². The lowest BCUT2D eigenvalue weighted by Crippen LogP contribution is -2.50. The fraction of sp³-hybridized carbons (Fsp3) is 0.556. The molecule has 1 fully saturated rings.